The Morgan fingerprint density at radius 1 is 1.00 bits per heavy atom. The number of nitrogens with one attached hydrogen (secondary N) is 2. The van der Waals surface area contributed by atoms with Crippen molar-refractivity contribution < 1.29 is 19.1 Å². The van der Waals surface area contributed by atoms with Gasteiger partial charge in [-0.1, -0.05) is 62.2 Å². The molecule has 2 aromatic carbocycles. The van der Waals surface area contributed by atoms with Gasteiger partial charge in [0, 0.05) is 11.7 Å². The first-order valence-corrected chi connectivity index (χ1v) is 12.9. The van der Waals surface area contributed by atoms with E-state index in [1.165, 1.54) is 0 Å². The number of alkyl carbamates (subject to hydrolysis) is 1. The van der Waals surface area contributed by atoms with Crippen LogP contribution in [0.15, 0.2) is 36.4 Å². The van der Waals surface area contributed by atoms with Crippen LogP contribution in [-0.4, -0.2) is 34.5 Å². The summed E-state index contributed by atoms with van der Waals surface area (Å²) < 4.78 is 5.39. The van der Waals surface area contributed by atoms with Crippen LogP contribution in [0.2, 0.25) is 0 Å². The maximum Gasteiger partial charge on any atom is 0.408 e. The summed E-state index contributed by atoms with van der Waals surface area (Å²) in [5.41, 5.74) is 4.05. The Balaban J connectivity index is 2.57. The fourth-order valence-electron chi connectivity index (χ4n) is 4.23. The summed E-state index contributed by atoms with van der Waals surface area (Å²) in [5.74, 6) is -0.946. The van der Waals surface area contributed by atoms with E-state index >= 15 is 0 Å². The standard InChI is InChI=1S/C31H41N3O4/c1-11-34(29(36)25(17-19(2)3)32-30(37)38-31(8,9)10)27(24-18-20(4)15-16-21(24)5)28(35)33-26-22(6)13-12-14-23(26)7/h1,12-16,18-19,25,27H,17H2,2-10H3,(H,32,37)(H,33,35). The number of para-hydroxylation sites is 1. The number of benzene rings is 2. The van der Waals surface area contributed by atoms with Crippen molar-refractivity contribution in [3.63, 3.8) is 0 Å². The summed E-state index contributed by atoms with van der Waals surface area (Å²) in [6.07, 6.45) is 5.51. The van der Waals surface area contributed by atoms with Gasteiger partial charge >= 0.3 is 6.09 Å². The molecule has 3 amide bonds. The molecule has 2 rings (SSSR count). The molecule has 7 nitrogen and oxygen atoms in total. The Hall–Kier alpha value is -3.79. The molecular formula is C31H41N3O4. The molecule has 2 atom stereocenters. The number of nitrogens with zero attached hydrogens (tertiary/aromatic N) is 1. The van der Waals surface area contributed by atoms with E-state index in [0.717, 1.165) is 27.2 Å². The molecule has 204 valence electrons. The summed E-state index contributed by atoms with van der Waals surface area (Å²) in [5, 5.41) is 5.68. The van der Waals surface area contributed by atoms with Gasteiger partial charge in [0.25, 0.3) is 11.8 Å². The first kappa shape index (κ1) is 30.4. The summed E-state index contributed by atoms with van der Waals surface area (Å²) in [6.45, 7) is 16.7. The van der Waals surface area contributed by atoms with Crippen LogP contribution in [-0.2, 0) is 14.3 Å². The molecule has 0 aromatic heterocycles. The Morgan fingerprint density at radius 3 is 2.13 bits per heavy atom. The number of amides is 3. The van der Waals surface area contributed by atoms with Crippen molar-refractivity contribution >= 4 is 23.6 Å². The number of anilines is 1. The SMILES string of the molecule is C#CN(C(=O)C(CC(C)C)NC(=O)OC(C)(C)C)C(C(=O)Nc1c(C)cccc1C)c1cc(C)ccc1C. The Bertz CT molecular complexity index is 1200. The number of aryl methyl sites for hydroxylation is 4. The third-order valence-corrected chi connectivity index (χ3v) is 6.04. The van der Waals surface area contributed by atoms with Gasteiger partial charge < -0.3 is 15.4 Å². The number of hydrogen-bond acceptors (Lipinski definition) is 4. The molecule has 7 heteroatoms. The number of hydrogen-bond donors (Lipinski definition) is 2. The average molecular weight is 520 g/mol. The quantitative estimate of drug-likeness (QED) is 0.333. The van der Waals surface area contributed by atoms with E-state index in [-0.39, 0.29) is 5.92 Å². The van der Waals surface area contributed by atoms with Crippen molar-refractivity contribution in [2.45, 2.75) is 86.4 Å². The topological polar surface area (TPSA) is 87.7 Å². The van der Waals surface area contributed by atoms with Crippen LogP contribution in [0.4, 0.5) is 10.5 Å². The molecule has 0 spiro atoms. The van der Waals surface area contributed by atoms with E-state index in [1.807, 2.05) is 77.9 Å². The highest BCUT2D eigenvalue weighted by atomic mass is 16.6. The highest BCUT2D eigenvalue weighted by Gasteiger charge is 2.37. The lowest BCUT2D eigenvalue weighted by Gasteiger charge is -2.32. The van der Waals surface area contributed by atoms with E-state index < -0.39 is 35.6 Å². The van der Waals surface area contributed by atoms with Crippen molar-refractivity contribution in [2.75, 3.05) is 5.32 Å². The highest BCUT2D eigenvalue weighted by molar-refractivity contribution is 6.00. The molecule has 0 fully saturated rings. The molecule has 2 N–H and O–H groups in total. The average Bonchev–Trinajstić information content (AvgIpc) is 2.79. The predicted octanol–water partition coefficient (Wildman–Crippen LogP) is 5.96. The van der Waals surface area contributed by atoms with Gasteiger partial charge in [0.15, 0.2) is 0 Å². The van der Waals surface area contributed by atoms with Gasteiger partial charge in [-0.25, -0.2) is 4.79 Å². The zero-order valence-electron chi connectivity index (χ0n) is 24.1. The minimum absolute atomic E-state index is 0.0566. The summed E-state index contributed by atoms with van der Waals surface area (Å²) in [7, 11) is 0. The number of ether oxygens (including phenoxy) is 1. The molecule has 0 aliphatic rings. The Labute approximate surface area is 227 Å². The lowest BCUT2D eigenvalue weighted by molar-refractivity contribution is -0.137. The lowest BCUT2D eigenvalue weighted by Crippen LogP contribution is -2.51. The Kier molecular flexibility index (Phi) is 10.1. The molecule has 0 saturated heterocycles. The molecule has 0 aliphatic carbocycles. The first-order chi connectivity index (χ1) is 17.6. The molecule has 0 radical (unpaired) electrons. The van der Waals surface area contributed by atoms with Crippen molar-refractivity contribution in [1.29, 1.82) is 0 Å². The Morgan fingerprint density at radius 2 is 1.61 bits per heavy atom. The fourth-order valence-corrected chi connectivity index (χ4v) is 4.23. The maximum absolute atomic E-state index is 13.9. The normalized spacial score (nSPS) is 12.8. The number of carbonyl (C=O) groups excluding carboxylic acids is 3. The van der Waals surface area contributed by atoms with E-state index in [0.29, 0.717) is 17.7 Å². The van der Waals surface area contributed by atoms with E-state index in [1.54, 1.807) is 20.8 Å². The zero-order chi connectivity index (χ0) is 28.8. The van der Waals surface area contributed by atoms with Gasteiger partial charge in [-0.2, -0.15) is 0 Å². The fraction of sp³-hybridized carbons (Fsp3) is 0.452. The van der Waals surface area contributed by atoms with Gasteiger partial charge in [0.05, 0.1) is 0 Å². The maximum atomic E-state index is 13.9. The third kappa shape index (κ3) is 8.11. The molecular weight excluding hydrogens is 478 g/mol. The molecule has 0 aliphatic heterocycles. The molecule has 2 aromatic rings. The highest BCUT2D eigenvalue weighted by Crippen LogP contribution is 2.29. The second kappa shape index (κ2) is 12.6. The third-order valence-electron chi connectivity index (χ3n) is 6.04. The van der Waals surface area contributed by atoms with Crippen molar-refractivity contribution in [1.82, 2.24) is 10.2 Å². The van der Waals surface area contributed by atoms with Crippen LogP contribution in [0.3, 0.4) is 0 Å². The van der Waals surface area contributed by atoms with Crippen LogP contribution in [0.5, 0.6) is 0 Å². The van der Waals surface area contributed by atoms with Gasteiger partial charge in [-0.15, -0.1) is 0 Å². The molecule has 0 saturated carbocycles. The van der Waals surface area contributed by atoms with Gasteiger partial charge in [0.2, 0.25) is 0 Å². The lowest BCUT2D eigenvalue weighted by atomic mass is 9.95. The molecule has 2 unspecified atom stereocenters. The number of rotatable bonds is 8. The van der Waals surface area contributed by atoms with E-state index in [9.17, 15) is 14.4 Å². The number of terminal acetylenes is 1. The molecule has 38 heavy (non-hydrogen) atoms. The molecule has 0 heterocycles. The summed E-state index contributed by atoms with van der Waals surface area (Å²) in [4.78, 5) is 41.6. The first-order valence-electron chi connectivity index (χ1n) is 12.9. The van der Waals surface area contributed by atoms with E-state index in [2.05, 4.69) is 16.7 Å². The second-order valence-electron chi connectivity index (χ2n) is 11.2. The van der Waals surface area contributed by atoms with E-state index in [4.69, 9.17) is 11.2 Å². The second-order valence-corrected chi connectivity index (χ2v) is 11.2. The van der Waals surface area contributed by atoms with Gasteiger partial charge in [0.1, 0.15) is 17.7 Å². The van der Waals surface area contributed by atoms with Crippen LogP contribution in [0, 0.1) is 46.1 Å². The van der Waals surface area contributed by atoms with Gasteiger partial charge in [-0.05, 0) is 83.1 Å². The van der Waals surface area contributed by atoms with Gasteiger partial charge in [-0.3, -0.25) is 14.5 Å². The van der Waals surface area contributed by atoms with Crippen LogP contribution in [0.25, 0.3) is 0 Å². The largest absolute Gasteiger partial charge is 0.444 e. The predicted molar refractivity (Wildman–Crippen MR) is 151 cm³/mol. The van der Waals surface area contributed by atoms with Crippen LogP contribution in [0.1, 0.15) is 74.9 Å². The van der Waals surface area contributed by atoms with Crippen molar-refractivity contribution in [2.24, 2.45) is 5.92 Å². The number of carbonyl (C=O) groups is 3. The summed E-state index contributed by atoms with van der Waals surface area (Å²) >= 11 is 0. The summed E-state index contributed by atoms with van der Waals surface area (Å²) in [6, 6.07) is 11.8. The minimum Gasteiger partial charge on any atom is -0.444 e. The monoisotopic (exact) mass is 519 g/mol. The smallest absolute Gasteiger partial charge is 0.408 e. The van der Waals surface area contributed by atoms with Crippen LogP contribution >= 0.6 is 0 Å². The van der Waals surface area contributed by atoms with Crippen molar-refractivity contribution in [3.05, 3.63) is 64.2 Å². The zero-order valence-corrected chi connectivity index (χ0v) is 24.1. The molecule has 0 bridgehead atoms. The van der Waals surface area contributed by atoms with Crippen LogP contribution < -0.4 is 10.6 Å². The van der Waals surface area contributed by atoms with Crippen molar-refractivity contribution in [3.8, 4) is 12.5 Å². The minimum atomic E-state index is -1.12.